The van der Waals surface area contributed by atoms with Crippen molar-refractivity contribution in [2.24, 2.45) is 5.92 Å². The van der Waals surface area contributed by atoms with Crippen molar-refractivity contribution in [3.63, 3.8) is 0 Å². The molecule has 0 aliphatic heterocycles. The van der Waals surface area contributed by atoms with Gasteiger partial charge in [-0.25, -0.2) is 0 Å². The molecule has 120 valence electrons. The molecule has 0 fully saturated rings. The van der Waals surface area contributed by atoms with Crippen LogP contribution in [0.15, 0.2) is 28.7 Å². The highest BCUT2D eigenvalue weighted by Crippen LogP contribution is 2.40. The number of halogens is 1. The van der Waals surface area contributed by atoms with Crippen LogP contribution < -0.4 is 0 Å². The molecule has 0 heterocycles. The Hall–Kier alpha value is -0.0000000000000000555. The third kappa shape index (κ3) is 9.59. The zero-order valence-electron chi connectivity index (χ0n) is 11.3. The van der Waals surface area contributed by atoms with Crippen molar-refractivity contribution in [1.82, 2.24) is 0 Å². The quantitative estimate of drug-likeness (QED) is 0.498. The van der Waals surface area contributed by atoms with Crippen LogP contribution in [0, 0.1) is 5.92 Å². The van der Waals surface area contributed by atoms with Crippen LogP contribution in [0.1, 0.15) is 18.4 Å². The predicted molar refractivity (Wildman–Crippen MR) is 84.4 cm³/mol. The molecule has 0 aliphatic carbocycles. The van der Waals surface area contributed by atoms with E-state index in [4.69, 9.17) is 19.6 Å². The van der Waals surface area contributed by atoms with E-state index < -0.39 is 15.2 Å². The molecule has 0 aliphatic rings. The summed E-state index contributed by atoms with van der Waals surface area (Å²) in [7, 11) is -8.20. The minimum absolute atomic E-state index is 0.175. The van der Waals surface area contributed by atoms with Crippen molar-refractivity contribution >= 4 is 31.1 Å². The number of hydrogen-bond acceptors (Lipinski definition) is 2. The fourth-order valence-electron chi connectivity index (χ4n) is 2.00. The molecule has 0 aromatic heterocycles. The van der Waals surface area contributed by atoms with E-state index in [0.29, 0.717) is 6.42 Å². The highest BCUT2D eigenvalue weighted by atomic mass is 79.9. The van der Waals surface area contributed by atoms with Gasteiger partial charge in [-0.05, 0) is 42.9 Å². The molecule has 0 spiro atoms. The second kappa shape index (κ2) is 8.02. The van der Waals surface area contributed by atoms with Crippen LogP contribution in [0.25, 0.3) is 0 Å². The van der Waals surface area contributed by atoms with Crippen LogP contribution >= 0.6 is 31.1 Å². The normalized spacial score (nSPS) is 12.9. The summed E-state index contributed by atoms with van der Waals surface area (Å²) in [5.74, 6) is -0.175. The van der Waals surface area contributed by atoms with E-state index >= 15 is 0 Å². The average Bonchev–Trinajstić information content (AvgIpc) is 2.33. The Balaban J connectivity index is 2.68. The predicted octanol–water partition coefficient (Wildman–Crippen LogP) is 2.74. The van der Waals surface area contributed by atoms with Gasteiger partial charge in [-0.1, -0.05) is 28.1 Å². The Morgan fingerprint density at radius 2 is 1.33 bits per heavy atom. The van der Waals surface area contributed by atoms with Gasteiger partial charge in [-0.3, -0.25) is 9.13 Å². The highest BCUT2D eigenvalue weighted by molar-refractivity contribution is 9.10. The van der Waals surface area contributed by atoms with Crippen molar-refractivity contribution in [2.45, 2.75) is 19.3 Å². The largest absolute Gasteiger partial charge is 0.325 e. The zero-order valence-corrected chi connectivity index (χ0v) is 14.7. The van der Waals surface area contributed by atoms with Gasteiger partial charge in [0.15, 0.2) is 0 Å². The van der Waals surface area contributed by atoms with E-state index in [1.807, 2.05) is 24.3 Å². The van der Waals surface area contributed by atoms with Gasteiger partial charge in [-0.15, -0.1) is 0 Å². The molecule has 0 radical (unpaired) electrons. The van der Waals surface area contributed by atoms with Crippen molar-refractivity contribution in [1.29, 1.82) is 0 Å². The molecule has 1 rings (SSSR count). The molecule has 0 saturated carbocycles. The van der Waals surface area contributed by atoms with Gasteiger partial charge >= 0.3 is 15.2 Å². The fraction of sp³-hybridized carbons (Fsp3) is 0.500. The summed E-state index contributed by atoms with van der Waals surface area (Å²) in [5, 5.41) is 0. The van der Waals surface area contributed by atoms with Crippen LogP contribution in [0.4, 0.5) is 0 Å². The second-order valence-electron chi connectivity index (χ2n) is 5.05. The van der Waals surface area contributed by atoms with Crippen LogP contribution in [-0.4, -0.2) is 31.9 Å². The topological polar surface area (TPSA) is 115 Å². The molecule has 0 amide bonds. The van der Waals surface area contributed by atoms with Crippen molar-refractivity contribution in [2.75, 3.05) is 12.3 Å². The maximum atomic E-state index is 11.0. The van der Waals surface area contributed by atoms with Gasteiger partial charge in [0.2, 0.25) is 0 Å². The molecule has 9 heteroatoms. The van der Waals surface area contributed by atoms with Gasteiger partial charge in [0, 0.05) is 4.47 Å². The van der Waals surface area contributed by atoms with Gasteiger partial charge < -0.3 is 19.6 Å². The zero-order chi connectivity index (χ0) is 16.1. The van der Waals surface area contributed by atoms with Gasteiger partial charge in [0.05, 0.1) is 12.3 Å². The van der Waals surface area contributed by atoms with Crippen LogP contribution in [0.2, 0.25) is 0 Å². The molecule has 0 saturated heterocycles. The summed E-state index contributed by atoms with van der Waals surface area (Å²) in [6.45, 7) is 0. The molecular formula is C12H19BrO6P2. The summed E-state index contributed by atoms with van der Waals surface area (Å²) in [6.07, 6.45) is 0.471. The summed E-state index contributed by atoms with van der Waals surface area (Å²) in [5.41, 5.74) is 0.972. The average molecular weight is 401 g/mol. The smallest absolute Gasteiger partial charge is 0.324 e. The van der Waals surface area contributed by atoms with Gasteiger partial charge in [-0.2, -0.15) is 0 Å². The van der Waals surface area contributed by atoms with E-state index in [1.54, 1.807) is 0 Å². The maximum absolute atomic E-state index is 11.0. The Labute approximate surface area is 132 Å². The van der Waals surface area contributed by atoms with Crippen LogP contribution in [0.5, 0.6) is 0 Å². The summed E-state index contributed by atoms with van der Waals surface area (Å²) in [4.78, 5) is 35.8. The molecule has 1 aromatic carbocycles. The number of hydrogen-bond donors (Lipinski definition) is 4. The van der Waals surface area contributed by atoms with Gasteiger partial charge in [0.25, 0.3) is 0 Å². The molecule has 6 nitrogen and oxygen atoms in total. The lowest BCUT2D eigenvalue weighted by molar-refractivity contribution is 0.356. The Kier molecular flexibility index (Phi) is 7.28. The highest BCUT2D eigenvalue weighted by Gasteiger charge is 2.21. The van der Waals surface area contributed by atoms with E-state index in [-0.39, 0.29) is 31.1 Å². The number of rotatable bonds is 8. The minimum atomic E-state index is -4.10. The van der Waals surface area contributed by atoms with E-state index in [1.165, 1.54) is 0 Å². The van der Waals surface area contributed by atoms with Crippen molar-refractivity contribution < 1.29 is 28.7 Å². The third-order valence-electron chi connectivity index (χ3n) is 3.09. The lowest BCUT2D eigenvalue weighted by Crippen LogP contribution is -2.10. The summed E-state index contributed by atoms with van der Waals surface area (Å²) < 4.78 is 22.9. The van der Waals surface area contributed by atoms with E-state index in [0.717, 1.165) is 10.0 Å². The first kappa shape index (κ1) is 19.0. The standard InChI is InChI=1S/C12H19BrO6P2/c13-12-3-1-10(2-4-12)9-11(5-7-20(14,15)16)6-8-21(17,18)19/h1-4,11H,5-9H2,(H2,14,15,16)(H2,17,18,19). The first-order chi connectivity index (χ1) is 9.55. The summed E-state index contributed by atoms with van der Waals surface area (Å²) in [6, 6.07) is 7.48. The molecular weight excluding hydrogens is 382 g/mol. The lowest BCUT2D eigenvalue weighted by Gasteiger charge is -2.18. The second-order valence-corrected chi connectivity index (χ2v) is 9.52. The van der Waals surface area contributed by atoms with Gasteiger partial charge in [0.1, 0.15) is 0 Å². The number of benzene rings is 1. The SMILES string of the molecule is O=P(O)(O)CCC(CCP(=O)(O)O)Cc1ccc(Br)cc1. The molecule has 21 heavy (non-hydrogen) atoms. The minimum Gasteiger partial charge on any atom is -0.324 e. The lowest BCUT2D eigenvalue weighted by atomic mass is 9.94. The van der Waals surface area contributed by atoms with Crippen LogP contribution in [-0.2, 0) is 15.6 Å². The first-order valence-corrected chi connectivity index (χ1v) is 10.8. The Bertz CT molecular complexity index is 509. The molecule has 0 unspecified atom stereocenters. The molecule has 0 bridgehead atoms. The first-order valence-electron chi connectivity index (χ1n) is 6.39. The van der Waals surface area contributed by atoms with Crippen molar-refractivity contribution in [3.8, 4) is 0 Å². The molecule has 0 atom stereocenters. The van der Waals surface area contributed by atoms with E-state index in [9.17, 15) is 9.13 Å². The van der Waals surface area contributed by atoms with E-state index in [2.05, 4.69) is 15.9 Å². The Morgan fingerprint density at radius 1 is 0.905 bits per heavy atom. The summed E-state index contributed by atoms with van der Waals surface area (Å²) >= 11 is 3.32. The third-order valence-corrected chi connectivity index (χ3v) is 5.31. The molecule has 1 aromatic rings. The fourth-order valence-corrected chi connectivity index (χ4v) is 3.67. The van der Waals surface area contributed by atoms with Crippen LogP contribution in [0.3, 0.4) is 0 Å². The maximum Gasteiger partial charge on any atom is 0.325 e. The monoisotopic (exact) mass is 400 g/mol. The Morgan fingerprint density at radius 3 is 1.71 bits per heavy atom. The molecule has 4 N–H and O–H groups in total. The van der Waals surface area contributed by atoms with Crippen molar-refractivity contribution in [3.05, 3.63) is 34.3 Å².